The summed E-state index contributed by atoms with van der Waals surface area (Å²) >= 11 is 0. The van der Waals surface area contributed by atoms with Crippen LogP contribution in [0.25, 0.3) is 10.8 Å². The van der Waals surface area contributed by atoms with E-state index in [9.17, 15) is 14.4 Å². The lowest BCUT2D eigenvalue weighted by Crippen LogP contribution is -2.55. The molecular formula is C33H40N4O3. The van der Waals surface area contributed by atoms with Crippen molar-refractivity contribution in [3.05, 3.63) is 71.8 Å². The maximum absolute atomic E-state index is 14.3. The summed E-state index contributed by atoms with van der Waals surface area (Å²) in [6, 6.07) is 18.7. The molecule has 2 N–H and O–H groups in total. The maximum Gasteiger partial charge on any atom is 0.251 e. The predicted octanol–water partition coefficient (Wildman–Crippen LogP) is 5.09. The molecule has 40 heavy (non-hydrogen) atoms. The Kier molecular flexibility index (Phi) is 8.50. The summed E-state index contributed by atoms with van der Waals surface area (Å²) in [7, 11) is 1.71. The third kappa shape index (κ3) is 5.75. The van der Waals surface area contributed by atoms with Crippen molar-refractivity contribution in [3.8, 4) is 0 Å². The SMILES string of the molecule is CN[C@@H](C)C(=O)N[C@H]1CN(C(=O)CC2CCCCC2)c2ccccc2N(Cc2c(C)ccc3ccccc23)C1=O. The first-order valence-corrected chi connectivity index (χ1v) is 14.5. The van der Waals surface area contributed by atoms with Crippen molar-refractivity contribution in [1.29, 1.82) is 0 Å². The fourth-order valence-electron chi connectivity index (χ4n) is 6.08. The molecule has 0 aromatic heterocycles. The number of nitrogens with one attached hydrogen (secondary N) is 2. The van der Waals surface area contributed by atoms with E-state index >= 15 is 0 Å². The molecule has 3 aromatic rings. The van der Waals surface area contributed by atoms with Crippen molar-refractivity contribution >= 4 is 39.9 Å². The number of benzene rings is 3. The van der Waals surface area contributed by atoms with Gasteiger partial charge in [0.15, 0.2) is 0 Å². The smallest absolute Gasteiger partial charge is 0.251 e. The molecule has 0 unspecified atom stereocenters. The molecule has 7 heteroatoms. The molecule has 3 amide bonds. The lowest BCUT2D eigenvalue weighted by atomic mass is 9.86. The van der Waals surface area contributed by atoms with Gasteiger partial charge in [-0.05, 0) is 73.7 Å². The number of hydrogen-bond acceptors (Lipinski definition) is 4. The Bertz CT molecular complexity index is 1400. The Labute approximate surface area is 236 Å². The topological polar surface area (TPSA) is 81.8 Å². The Hall–Kier alpha value is -3.71. The molecule has 1 aliphatic carbocycles. The van der Waals surface area contributed by atoms with E-state index in [1.807, 2.05) is 36.4 Å². The molecule has 2 atom stereocenters. The minimum Gasteiger partial charge on any atom is -0.341 e. The first kappa shape index (κ1) is 27.8. The highest BCUT2D eigenvalue weighted by Crippen LogP contribution is 2.37. The van der Waals surface area contributed by atoms with Crippen LogP contribution in [0.2, 0.25) is 0 Å². The van der Waals surface area contributed by atoms with E-state index in [0.29, 0.717) is 30.3 Å². The monoisotopic (exact) mass is 540 g/mol. The Morgan fingerprint density at radius 1 is 0.950 bits per heavy atom. The third-order valence-electron chi connectivity index (χ3n) is 8.62. The number of aryl methyl sites for hydroxylation is 1. The van der Waals surface area contributed by atoms with Gasteiger partial charge in [0.2, 0.25) is 11.8 Å². The zero-order valence-corrected chi connectivity index (χ0v) is 23.8. The molecule has 2 aliphatic rings. The average molecular weight is 541 g/mol. The average Bonchev–Trinajstić information content (AvgIpc) is 3.09. The summed E-state index contributed by atoms with van der Waals surface area (Å²) in [4.78, 5) is 44.7. The van der Waals surface area contributed by atoms with Crippen LogP contribution in [0.4, 0.5) is 11.4 Å². The second-order valence-electron chi connectivity index (χ2n) is 11.3. The van der Waals surface area contributed by atoms with E-state index in [4.69, 9.17) is 0 Å². The highest BCUT2D eigenvalue weighted by Gasteiger charge is 2.38. The molecule has 0 bridgehead atoms. The molecule has 1 aliphatic heterocycles. The van der Waals surface area contributed by atoms with Crippen LogP contribution < -0.4 is 20.4 Å². The van der Waals surface area contributed by atoms with E-state index in [0.717, 1.165) is 47.6 Å². The van der Waals surface area contributed by atoms with Gasteiger partial charge in [0.05, 0.1) is 30.5 Å². The van der Waals surface area contributed by atoms with E-state index in [-0.39, 0.29) is 24.3 Å². The molecule has 0 radical (unpaired) electrons. The highest BCUT2D eigenvalue weighted by molar-refractivity contribution is 6.08. The molecule has 0 saturated heterocycles. The van der Waals surface area contributed by atoms with Crippen molar-refractivity contribution in [2.24, 2.45) is 5.92 Å². The van der Waals surface area contributed by atoms with Gasteiger partial charge in [-0.3, -0.25) is 14.4 Å². The number of hydrogen-bond donors (Lipinski definition) is 2. The molecule has 1 saturated carbocycles. The van der Waals surface area contributed by atoms with E-state index in [1.54, 1.807) is 23.8 Å². The summed E-state index contributed by atoms with van der Waals surface area (Å²) in [5, 5.41) is 8.11. The molecule has 0 spiro atoms. The van der Waals surface area contributed by atoms with Crippen molar-refractivity contribution < 1.29 is 14.4 Å². The van der Waals surface area contributed by atoms with Crippen LogP contribution in [0.1, 0.15) is 56.6 Å². The summed E-state index contributed by atoms with van der Waals surface area (Å²) in [6.45, 7) is 4.26. The summed E-state index contributed by atoms with van der Waals surface area (Å²) in [6.07, 6.45) is 6.13. The molecule has 7 nitrogen and oxygen atoms in total. The Balaban J connectivity index is 1.56. The van der Waals surface area contributed by atoms with Crippen LogP contribution in [0.3, 0.4) is 0 Å². The molecule has 1 heterocycles. The predicted molar refractivity (Wildman–Crippen MR) is 160 cm³/mol. The minimum atomic E-state index is -0.874. The van der Waals surface area contributed by atoms with Crippen molar-refractivity contribution in [2.75, 3.05) is 23.4 Å². The minimum absolute atomic E-state index is 0.0104. The van der Waals surface area contributed by atoms with Crippen LogP contribution >= 0.6 is 0 Å². The zero-order valence-electron chi connectivity index (χ0n) is 23.8. The molecule has 3 aromatic carbocycles. The number of para-hydroxylation sites is 2. The van der Waals surface area contributed by atoms with Crippen molar-refractivity contribution in [1.82, 2.24) is 10.6 Å². The largest absolute Gasteiger partial charge is 0.341 e. The van der Waals surface area contributed by atoms with Crippen LogP contribution in [-0.2, 0) is 20.9 Å². The number of amides is 3. The fourth-order valence-corrected chi connectivity index (χ4v) is 6.08. The van der Waals surface area contributed by atoms with E-state index in [2.05, 4.69) is 41.8 Å². The summed E-state index contributed by atoms with van der Waals surface area (Å²) in [5.74, 6) is -0.118. The van der Waals surface area contributed by atoms with Gasteiger partial charge in [0.1, 0.15) is 6.04 Å². The molecule has 210 valence electrons. The Morgan fingerprint density at radius 3 is 2.40 bits per heavy atom. The van der Waals surface area contributed by atoms with Gasteiger partial charge >= 0.3 is 0 Å². The van der Waals surface area contributed by atoms with E-state index < -0.39 is 12.1 Å². The van der Waals surface area contributed by atoms with Crippen LogP contribution in [0.15, 0.2) is 60.7 Å². The van der Waals surface area contributed by atoms with Crippen LogP contribution in [0, 0.1) is 12.8 Å². The Morgan fingerprint density at radius 2 is 1.65 bits per heavy atom. The lowest BCUT2D eigenvalue weighted by molar-refractivity contribution is -0.128. The van der Waals surface area contributed by atoms with Crippen molar-refractivity contribution in [2.45, 2.75) is 71.0 Å². The number of fused-ring (bicyclic) bond motifs is 2. The molecule has 1 fully saturated rings. The number of likely N-dealkylation sites (N-methyl/N-ethyl adjacent to an activating group) is 1. The second kappa shape index (κ2) is 12.2. The van der Waals surface area contributed by atoms with Gasteiger partial charge in [-0.2, -0.15) is 0 Å². The second-order valence-corrected chi connectivity index (χ2v) is 11.3. The summed E-state index contributed by atoms with van der Waals surface area (Å²) in [5.41, 5.74) is 3.54. The van der Waals surface area contributed by atoms with Gasteiger partial charge in [0, 0.05) is 6.42 Å². The van der Waals surface area contributed by atoms with Crippen LogP contribution in [0.5, 0.6) is 0 Å². The number of carbonyl (C=O) groups is 3. The standard InChI is InChI=1S/C33H40N4O3/c1-22-17-18-25-13-7-8-14-26(25)27(22)20-37-30-16-10-9-15-29(30)36(31(38)19-24-11-5-4-6-12-24)21-28(33(37)40)35-32(39)23(2)34-3/h7-10,13-18,23-24,28,34H,4-6,11-12,19-21H2,1-3H3,(H,35,39)/t23-,28-/m0/s1. The number of carbonyl (C=O) groups excluding carboxylic acids is 3. The molecule has 5 rings (SSSR count). The first-order chi connectivity index (χ1) is 19.4. The van der Waals surface area contributed by atoms with Gasteiger partial charge < -0.3 is 20.4 Å². The molecular weight excluding hydrogens is 500 g/mol. The van der Waals surface area contributed by atoms with Crippen molar-refractivity contribution in [3.63, 3.8) is 0 Å². The van der Waals surface area contributed by atoms with E-state index in [1.165, 1.54) is 6.42 Å². The zero-order chi connectivity index (χ0) is 28.2. The lowest BCUT2D eigenvalue weighted by Gasteiger charge is -2.28. The highest BCUT2D eigenvalue weighted by atomic mass is 16.2. The summed E-state index contributed by atoms with van der Waals surface area (Å²) < 4.78 is 0. The number of anilines is 2. The maximum atomic E-state index is 14.3. The van der Waals surface area contributed by atoms with Gasteiger partial charge in [-0.15, -0.1) is 0 Å². The van der Waals surface area contributed by atoms with Gasteiger partial charge in [-0.25, -0.2) is 0 Å². The normalized spacial score (nSPS) is 18.8. The van der Waals surface area contributed by atoms with Crippen LogP contribution in [-0.4, -0.2) is 43.4 Å². The number of nitrogens with zero attached hydrogens (tertiary/aromatic N) is 2. The van der Waals surface area contributed by atoms with Gasteiger partial charge in [-0.1, -0.05) is 67.8 Å². The first-order valence-electron chi connectivity index (χ1n) is 14.5. The quantitative estimate of drug-likeness (QED) is 0.437. The fraction of sp³-hybridized carbons (Fsp3) is 0.424. The third-order valence-corrected chi connectivity index (χ3v) is 8.62. The number of rotatable bonds is 7. The van der Waals surface area contributed by atoms with Gasteiger partial charge in [0.25, 0.3) is 5.91 Å².